The number of ether oxygens (including phenoxy) is 1. The first-order valence-corrected chi connectivity index (χ1v) is 4.82. The normalized spacial score (nSPS) is 21.4. The summed E-state index contributed by atoms with van der Waals surface area (Å²) in [5.41, 5.74) is 0. The molecule has 0 amide bonds. The summed E-state index contributed by atoms with van der Waals surface area (Å²) >= 11 is 0. The number of hydrogen-bond donors (Lipinski definition) is 0. The Bertz CT molecular complexity index is 122. The van der Waals surface area contributed by atoms with E-state index in [0.29, 0.717) is 12.0 Å². The van der Waals surface area contributed by atoms with Crippen LogP contribution in [0.5, 0.6) is 0 Å². The van der Waals surface area contributed by atoms with Gasteiger partial charge in [0.15, 0.2) is 0 Å². The van der Waals surface area contributed by atoms with Crippen molar-refractivity contribution in [1.29, 1.82) is 0 Å². The molecular weight excluding hydrogens is 148 g/mol. The molecule has 0 aromatic heterocycles. The van der Waals surface area contributed by atoms with Crippen LogP contribution >= 0.6 is 0 Å². The van der Waals surface area contributed by atoms with Gasteiger partial charge in [0.1, 0.15) is 0 Å². The Morgan fingerprint density at radius 1 is 1.17 bits per heavy atom. The van der Waals surface area contributed by atoms with Crippen molar-refractivity contribution in [2.24, 2.45) is 11.8 Å². The fourth-order valence-corrected chi connectivity index (χ4v) is 0.827. The molecule has 0 spiro atoms. The van der Waals surface area contributed by atoms with Crippen LogP contribution in [0.15, 0.2) is 12.2 Å². The smallest absolute Gasteiger partial charge is 0.0783 e. The fraction of sp³-hybridized carbons (Fsp3) is 0.818. The summed E-state index contributed by atoms with van der Waals surface area (Å²) in [5.74, 6) is 1.47. The largest absolute Gasteiger partial charge is 0.370 e. The minimum Gasteiger partial charge on any atom is -0.370 e. The topological polar surface area (TPSA) is 9.23 Å². The summed E-state index contributed by atoms with van der Waals surface area (Å²) in [6.07, 6.45) is 4.59. The van der Waals surface area contributed by atoms with Crippen LogP contribution < -0.4 is 0 Å². The molecule has 0 saturated heterocycles. The molecule has 1 atom stereocenters. The zero-order chi connectivity index (χ0) is 9.56. The third-order valence-corrected chi connectivity index (χ3v) is 1.37. The molecule has 0 fully saturated rings. The van der Waals surface area contributed by atoms with Gasteiger partial charge in [0.05, 0.1) is 12.7 Å². The zero-order valence-corrected chi connectivity index (χ0v) is 9.00. The van der Waals surface area contributed by atoms with Crippen LogP contribution in [-0.4, -0.2) is 12.7 Å². The lowest BCUT2D eigenvalue weighted by atomic mass is 10.1. The molecule has 0 bridgehead atoms. The van der Waals surface area contributed by atoms with E-state index in [9.17, 15) is 0 Å². The van der Waals surface area contributed by atoms with Crippen LogP contribution in [0.3, 0.4) is 0 Å². The third kappa shape index (κ3) is 6.41. The van der Waals surface area contributed by atoms with Crippen LogP contribution in [-0.2, 0) is 4.74 Å². The summed E-state index contributed by atoms with van der Waals surface area (Å²) in [5, 5.41) is 0. The van der Waals surface area contributed by atoms with Gasteiger partial charge in [0.2, 0.25) is 0 Å². The van der Waals surface area contributed by atoms with E-state index in [2.05, 4.69) is 46.8 Å². The summed E-state index contributed by atoms with van der Waals surface area (Å²) < 4.78 is 5.30. The molecule has 72 valence electrons. The maximum Gasteiger partial charge on any atom is 0.0783 e. The lowest BCUT2D eigenvalue weighted by Gasteiger charge is -2.10. The highest BCUT2D eigenvalue weighted by molar-refractivity contribution is 4.96. The van der Waals surface area contributed by atoms with Gasteiger partial charge in [0.25, 0.3) is 0 Å². The lowest BCUT2D eigenvalue weighted by molar-refractivity contribution is 0.0936. The Morgan fingerprint density at radius 3 is 1.83 bits per heavy atom. The highest BCUT2D eigenvalue weighted by atomic mass is 16.5. The molecule has 0 saturated carbocycles. The van der Waals surface area contributed by atoms with E-state index in [1.165, 1.54) is 0 Å². The van der Waals surface area contributed by atoms with E-state index < -0.39 is 0 Å². The van der Waals surface area contributed by atoms with Crippen molar-refractivity contribution in [2.75, 3.05) is 6.61 Å². The second-order valence-corrected chi connectivity index (χ2v) is 4.20. The monoisotopic (exact) mass is 170 g/mol. The molecule has 0 radical (unpaired) electrons. The highest BCUT2D eigenvalue weighted by Gasteiger charge is 2.12. The maximum atomic E-state index is 5.30. The summed E-state index contributed by atoms with van der Waals surface area (Å²) in [4.78, 5) is 0. The van der Waals surface area contributed by atoms with Crippen LogP contribution in [0, 0.1) is 11.8 Å². The average Bonchev–Trinajstić information content (AvgIpc) is 2.34. The summed E-state index contributed by atoms with van der Waals surface area (Å²) in [6, 6.07) is 0. The molecule has 1 aliphatic rings. The van der Waals surface area contributed by atoms with E-state index in [1.54, 1.807) is 0 Å². The molecule has 1 aliphatic heterocycles. The summed E-state index contributed by atoms with van der Waals surface area (Å²) in [6.45, 7) is 11.6. The van der Waals surface area contributed by atoms with Crippen molar-refractivity contribution in [1.82, 2.24) is 0 Å². The Labute approximate surface area is 76.8 Å². The van der Waals surface area contributed by atoms with Gasteiger partial charge >= 0.3 is 0 Å². The van der Waals surface area contributed by atoms with Gasteiger partial charge in [-0.1, -0.05) is 46.8 Å². The van der Waals surface area contributed by atoms with Gasteiger partial charge in [-0.05, 0) is 11.8 Å². The first kappa shape index (κ1) is 11.7. The van der Waals surface area contributed by atoms with Gasteiger partial charge in [-0.25, -0.2) is 0 Å². The number of rotatable bonds is 1. The minimum atomic E-state index is 0.384. The van der Waals surface area contributed by atoms with Crippen LogP contribution in [0.1, 0.15) is 34.6 Å². The first-order valence-electron chi connectivity index (χ1n) is 4.82. The van der Waals surface area contributed by atoms with Crippen molar-refractivity contribution in [3.63, 3.8) is 0 Å². The van der Waals surface area contributed by atoms with Crippen molar-refractivity contribution in [3.05, 3.63) is 12.2 Å². The predicted octanol–water partition coefficient (Wildman–Crippen LogP) is 3.26. The van der Waals surface area contributed by atoms with Crippen LogP contribution in [0.4, 0.5) is 0 Å². The molecule has 1 nitrogen and oxygen atoms in total. The van der Waals surface area contributed by atoms with Crippen molar-refractivity contribution >= 4 is 0 Å². The van der Waals surface area contributed by atoms with E-state index in [0.717, 1.165) is 12.5 Å². The van der Waals surface area contributed by atoms with Gasteiger partial charge in [-0.15, -0.1) is 0 Å². The molecule has 1 rings (SSSR count). The summed E-state index contributed by atoms with van der Waals surface area (Å²) in [7, 11) is 0. The molecule has 0 aromatic carbocycles. The first-order chi connectivity index (χ1) is 5.54. The quantitative estimate of drug-likeness (QED) is 0.549. The van der Waals surface area contributed by atoms with E-state index in [1.807, 2.05) is 0 Å². The van der Waals surface area contributed by atoms with E-state index in [4.69, 9.17) is 4.74 Å². The molecular formula is C11H22O. The lowest BCUT2D eigenvalue weighted by Crippen LogP contribution is -2.11. The fourth-order valence-electron chi connectivity index (χ4n) is 0.827. The van der Waals surface area contributed by atoms with Gasteiger partial charge in [-0.2, -0.15) is 0 Å². The average molecular weight is 170 g/mol. The molecule has 0 aliphatic carbocycles. The molecule has 1 heterocycles. The second-order valence-electron chi connectivity index (χ2n) is 4.20. The van der Waals surface area contributed by atoms with Crippen molar-refractivity contribution in [2.45, 2.75) is 40.7 Å². The highest BCUT2D eigenvalue weighted by Crippen LogP contribution is 2.12. The molecule has 1 unspecified atom stereocenters. The van der Waals surface area contributed by atoms with Crippen LogP contribution in [0.25, 0.3) is 0 Å². The van der Waals surface area contributed by atoms with E-state index in [-0.39, 0.29) is 0 Å². The van der Waals surface area contributed by atoms with Crippen molar-refractivity contribution in [3.8, 4) is 0 Å². The number of hydrogen-bond acceptors (Lipinski definition) is 1. The van der Waals surface area contributed by atoms with Gasteiger partial charge in [0, 0.05) is 0 Å². The van der Waals surface area contributed by atoms with Gasteiger partial charge < -0.3 is 4.74 Å². The Balaban J connectivity index is 0.000000261. The minimum absolute atomic E-state index is 0.384. The SMILES string of the molecule is CC(C)C.CC(C)C1C=CCO1. The van der Waals surface area contributed by atoms with E-state index >= 15 is 0 Å². The molecule has 12 heavy (non-hydrogen) atoms. The third-order valence-electron chi connectivity index (χ3n) is 1.37. The van der Waals surface area contributed by atoms with Gasteiger partial charge in [-0.3, -0.25) is 0 Å². The Morgan fingerprint density at radius 2 is 1.67 bits per heavy atom. The molecule has 1 heteroatoms. The maximum absolute atomic E-state index is 5.30. The predicted molar refractivity (Wildman–Crippen MR) is 54.2 cm³/mol. The van der Waals surface area contributed by atoms with Crippen molar-refractivity contribution < 1.29 is 4.74 Å². The Kier molecular flexibility index (Phi) is 6.09. The molecule has 0 aromatic rings. The van der Waals surface area contributed by atoms with Crippen LogP contribution in [0.2, 0.25) is 0 Å². The molecule has 0 N–H and O–H groups in total. The zero-order valence-electron chi connectivity index (χ0n) is 9.00. The Hall–Kier alpha value is -0.300. The second kappa shape index (κ2) is 6.24. The standard InChI is InChI=1S/C7H12O.C4H10/c1-6(2)7-4-3-5-8-7;1-4(2)3/h3-4,6-7H,5H2,1-2H3;4H,1-3H3.